The highest BCUT2D eigenvalue weighted by atomic mass is 16.1. The van der Waals surface area contributed by atoms with Crippen LogP contribution in [0.3, 0.4) is 0 Å². The highest BCUT2D eigenvalue weighted by Gasteiger charge is 2.23. The molecule has 0 bridgehead atoms. The molecule has 4 aromatic carbocycles. The van der Waals surface area contributed by atoms with E-state index in [1.807, 2.05) is 102 Å². The Kier molecular flexibility index (Phi) is 4.05. The van der Waals surface area contributed by atoms with E-state index in [-0.39, 0.29) is 16.8 Å². The van der Waals surface area contributed by atoms with Gasteiger partial charge in [-0.2, -0.15) is 0 Å². The molecule has 7 aromatic rings. The molecule has 0 spiro atoms. The first-order valence-corrected chi connectivity index (χ1v) is 11.3. The van der Waals surface area contributed by atoms with Crippen molar-refractivity contribution in [3.8, 4) is 11.4 Å². The minimum atomic E-state index is -0.345. The molecule has 0 aliphatic heterocycles. The molecule has 0 unspecified atom stereocenters. The summed E-state index contributed by atoms with van der Waals surface area (Å²) in [6, 6.07) is 34.4. The lowest BCUT2D eigenvalue weighted by Crippen LogP contribution is -2.29. The van der Waals surface area contributed by atoms with Gasteiger partial charge in [0, 0.05) is 16.8 Å². The third-order valence-electron chi connectivity index (χ3n) is 6.46. The van der Waals surface area contributed by atoms with Crippen molar-refractivity contribution in [1.29, 1.82) is 0 Å². The lowest BCUT2D eigenvalue weighted by atomic mass is 10.2. The Morgan fingerprint density at radius 2 is 1.11 bits per heavy atom. The number of para-hydroxylation sites is 4. The Hall–Kier alpha value is -4.97. The number of benzene rings is 4. The maximum absolute atomic E-state index is 14.1. The average Bonchev–Trinajstić information content (AvgIpc) is 3.25. The predicted molar refractivity (Wildman–Crippen MR) is 139 cm³/mol. The zero-order valence-electron chi connectivity index (χ0n) is 18.5. The molecule has 0 saturated heterocycles. The molecule has 0 radical (unpaired) electrons. The van der Waals surface area contributed by atoms with E-state index in [1.165, 1.54) is 4.40 Å². The highest BCUT2D eigenvalue weighted by molar-refractivity contribution is 6.07. The van der Waals surface area contributed by atoms with Gasteiger partial charge in [0.2, 0.25) is 5.65 Å². The number of rotatable bonds is 2. The summed E-state index contributed by atoms with van der Waals surface area (Å²) in [4.78, 5) is 32.7. The number of hydrogen-bond acceptors (Lipinski definition) is 3. The van der Waals surface area contributed by atoms with Crippen LogP contribution in [0.4, 0.5) is 0 Å². The normalized spacial score (nSPS) is 11.7. The molecule has 3 aromatic heterocycles. The Morgan fingerprint density at radius 1 is 0.543 bits per heavy atom. The summed E-state index contributed by atoms with van der Waals surface area (Å²) >= 11 is 0. The smallest absolute Gasteiger partial charge is 0.294 e. The van der Waals surface area contributed by atoms with Gasteiger partial charge in [0.25, 0.3) is 11.1 Å². The Morgan fingerprint density at radius 3 is 1.83 bits per heavy atom. The Bertz CT molecular complexity index is 2040. The maximum Gasteiger partial charge on any atom is 0.299 e. The SMILES string of the molecule is O=c1c2nc3ccccc3c(=O)n2c2c(c3ccccc3n2-c2ccccc2)n1-c1ccccc1. The van der Waals surface area contributed by atoms with E-state index in [9.17, 15) is 9.59 Å². The van der Waals surface area contributed by atoms with Crippen LogP contribution in [0.1, 0.15) is 0 Å². The monoisotopic (exact) mass is 454 g/mol. The molecule has 166 valence electrons. The molecule has 6 nitrogen and oxygen atoms in total. The second-order valence-corrected chi connectivity index (χ2v) is 8.43. The van der Waals surface area contributed by atoms with Crippen LogP contribution in [0, 0.1) is 0 Å². The minimum Gasteiger partial charge on any atom is -0.294 e. The quantitative estimate of drug-likeness (QED) is 0.342. The molecule has 35 heavy (non-hydrogen) atoms. The number of hydrogen-bond donors (Lipinski definition) is 0. The van der Waals surface area contributed by atoms with Crippen LogP contribution < -0.4 is 11.1 Å². The van der Waals surface area contributed by atoms with Crippen molar-refractivity contribution in [3.05, 3.63) is 130 Å². The van der Waals surface area contributed by atoms with Crippen molar-refractivity contribution < 1.29 is 0 Å². The fraction of sp³-hybridized carbons (Fsp3) is 0. The van der Waals surface area contributed by atoms with Crippen LogP contribution in [0.5, 0.6) is 0 Å². The molecule has 0 N–H and O–H groups in total. The second kappa shape index (κ2) is 7.27. The van der Waals surface area contributed by atoms with Gasteiger partial charge >= 0.3 is 0 Å². The molecular formula is C29H18N4O2. The van der Waals surface area contributed by atoms with Crippen LogP contribution in [0.2, 0.25) is 0 Å². The Labute approximate surface area is 198 Å². The topological polar surface area (TPSA) is 61.3 Å². The molecule has 0 fully saturated rings. The molecule has 3 heterocycles. The first-order valence-electron chi connectivity index (χ1n) is 11.3. The van der Waals surface area contributed by atoms with Crippen molar-refractivity contribution in [2.24, 2.45) is 0 Å². The molecular weight excluding hydrogens is 436 g/mol. The number of nitrogens with zero attached hydrogens (tertiary/aromatic N) is 4. The fourth-order valence-corrected chi connectivity index (χ4v) is 4.97. The van der Waals surface area contributed by atoms with Crippen molar-refractivity contribution in [2.75, 3.05) is 0 Å². The summed E-state index contributed by atoms with van der Waals surface area (Å²) in [5.41, 5.74) is 3.72. The molecule has 0 aliphatic carbocycles. The number of fused-ring (bicyclic) bond motifs is 6. The van der Waals surface area contributed by atoms with E-state index < -0.39 is 0 Å². The Balaban J connectivity index is 1.87. The zero-order valence-corrected chi connectivity index (χ0v) is 18.5. The van der Waals surface area contributed by atoms with Crippen molar-refractivity contribution in [1.82, 2.24) is 18.5 Å². The van der Waals surface area contributed by atoms with Gasteiger partial charge < -0.3 is 0 Å². The van der Waals surface area contributed by atoms with E-state index in [4.69, 9.17) is 4.98 Å². The van der Waals surface area contributed by atoms with E-state index >= 15 is 0 Å². The summed E-state index contributed by atoms with van der Waals surface area (Å²) in [6.45, 7) is 0. The van der Waals surface area contributed by atoms with Crippen LogP contribution in [0.15, 0.2) is 119 Å². The van der Waals surface area contributed by atoms with Gasteiger partial charge in [0.05, 0.1) is 16.4 Å². The third-order valence-corrected chi connectivity index (χ3v) is 6.46. The van der Waals surface area contributed by atoms with Gasteiger partial charge in [0.15, 0.2) is 5.65 Å². The number of aromatic nitrogens is 4. The van der Waals surface area contributed by atoms with E-state index in [0.717, 1.165) is 16.6 Å². The van der Waals surface area contributed by atoms with E-state index in [2.05, 4.69) is 0 Å². The highest BCUT2D eigenvalue weighted by Crippen LogP contribution is 2.32. The first kappa shape index (κ1) is 19.5. The van der Waals surface area contributed by atoms with Crippen molar-refractivity contribution in [2.45, 2.75) is 0 Å². The van der Waals surface area contributed by atoms with Crippen molar-refractivity contribution >= 4 is 38.6 Å². The lowest BCUT2D eigenvalue weighted by molar-refractivity contribution is 0.965. The van der Waals surface area contributed by atoms with E-state index in [1.54, 1.807) is 16.7 Å². The van der Waals surface area contributed by atoms with Crippen molar-refractivity contribution in [3.63, 3.8) is 0 Å². The van der Waals surface area contributed by atoms with Gasteiger partial charge in [0.1, 0.15) is 5.52 Å². The van der Waals surface area contributed by atoms with Crippen LogP contribution in [-0.2, 0) is 0 Å². The van der Waals surface area contributed by atoms with Crippen LogP contribution >= 0.6 is 0 Å². The summed E-state index contributed by atoms with van der Waals surface area (Å²) < 4.78 is 5.19. The molecule has 0 saturated carbocycles. The lowest BCUT2D eigenvalue weighted by Gasteiger charge is -2.14. The molecule has 6 heteroatoms. The van der Waals surface area contributed by atoms with Crippen LogP contribution in [0.25, 0.3) is 50.0 Å². The maximum atomic E-state index is 14.1. The molecule has 7 rings (SSSR count). The van der Waals surface area contributed by atoms with Gasteiger partial charge in [-0.15, -0.1) is 0 Å². The largest absolute Gasteiger partial charge is 0.299 e. The third kappa shape index (κ3) is 2.68. The fourth-order valence-electron chi connectivity index (χ4n) is 4.97. The standard InChI is InChI=1S/C29H18N4O2/c34-28-21-15-7-9-17-23(21)30-26-29(35)32(20-13-5-2-6-14-20)25-22-16-8-10-18-24(22)31(27(25)33(26)28)19-11-3-1-4-12-19/h1-18H. The molecule has 0 aliphatic rings. The molecule has 0 atom stereocenters. The molecule has 0 amide bonds. The van der Waals surface area contributed by atoms with Gasteiger partial charge in [-0.3, -0.25) is 18.7 Å². The van der Waals surface area contributed by atoms with Gasteiger partial charge in [-0.25, -0.2) is 9.38 Å². The van der Waals surface area contributed by atoms with Gasteiger partial charge in [-0.05, 0) is 42.5 Å². The summed E-state index contributed by atoms with van der Waals surface area (Å²) in [7, 11) is 0. The average molecular weight is 454 g/mol. The van der Waals surface area contributed by atoms with Crippen LogP contribution in [-0.4, -0.2) is 18.5 Å². The minimum absolute atomic E-state index is 0.0880. The van der Waals surface area contributed by atoms with E-state index in [0.29, 0.717) is 27.8 Å². The van der Waals surface area contributed by atoms with Gasteiger partial charge in [-0.1, -0.05) is 66.7 Å². The summed E-state index contributed by atoms with van der Waals surface area (Å²) in [5.74, 6) is 0. The summed E-state index contributed by atoms with van der Waals surface area (Å²) in [5, 5.41) is 1.34. The first-order chi connectivity index (χ1) is 17.2. The summed E-state index contributed by atoms with van der Waals surface area (Å²) in [6.07, 6.45) is 0. The predicted octanol–water partition coefficient (Wildman–Crippen LogP) is 5.10. The zero-order chi connectivity index (χ0) is 23.5. The second-order valence-electron chi connectivity index (χ2n) is 8.43.